The Labute approximate surface area is 143 Å². The van der Waals surface area contributed by atoms with Gasteiger partial charge in [0.25, 0.3) is 0 Å². The van der Waals surface area contributed by atoms with Crippen LogP contribution in [-0.2, 0) is 10.0 Å². The van der Waals surface area contributed by atoms with E-state index in [4.69, 9.17) is 11.6 Å². The largest absolute Gasteiger partial charge is 0.311 e. The van der Waals surface area contributed by atoms with Crippen LogP contribution in [-0.4, -0.2) is 37.9 Å². The van der Waals surface area contributed by atoms with Crippen LogP contribution in [0.15, 0.2) is 23.1 Å². The molecular formula is C15H22Cl2N2O2S. The molecule has 22 heavy (non-hydrogen) atoms. The molecule has 1 aromatic carbocycles. The van der Waals surface area contributed by atoms with Gasteiger partial charge in [-0.1, -0.05) is 17.7 Å². The predicted molar refractivity (Wildman–Crippen MR) is 91.4 cm³/mol. The normalized spacial score (nSPS) is 27.7. The molecule has 2 saturated heterocycles. The van der Waals surface area contributed by atoms with Gasteiger partial charge in [-0.2, -0.15) is 4.31 Å². The van der Waals surface area contributed by atoms with Gasteiger partial charge in [0.15, 0.2) is 0 Å². The van der Waals surface area contributed by atoms with Crippen LogP contribution in [0.4, 0.5) is 0 Å². The van der Waals surface area contributed by atoms with Gasteiger partial charge in [0.1, 0.15) is 4.90 Å². The summed E-state index contributed by atoms with van der Waals surface area (Å²) in [6.07, 6.45) is 4.08. The number of hydrogen-bond donors (Lipinski definition) is 1. The molecule has 0 radical (unpaired) electrons. The number of piperidine rings is 1. The van der Waals surface area contributed by atoms with E-state index in [2.05, 4.69) is 5.32 Å². The highest BCUT2D eigenvalue weighted by Gasteiger charge is 2.39. The molecule has 2 aliphatic heterocycles. The summed E-state index contributed by atoms with van der Waals surface area (Å²) in [6.45, 7) is 1.90. The Morgan fingerprint density at radius 2 is 1.82 bits per heavy atom. The molecular weight excluding hydrogens is 343 g/mol. The van der Waals surface area contributed by atoms with Gasteiger partial charge >= 0.3 is 0 Å². The summed E-state index contributed by atoms with van der Waals surface area (Å²) < 4.78 is 27.2. The highest BCUT2D eigenvalue weighted by atomic mass is 35.5. The van der Waals surface area contributed by atoms with Gasteiger partial charge in [-0.25, -0.2) is 8.42 Å². The van der Waals surface area contributed by atoms with Crippen molar-refractivity contribution in [3.05, 3.63) is 28.8 Å². The maximum atomic E-state index is 12.8. The number of fused-ring (bicyclic) bond motifs is 2. The summed E-state index contributed by atoms with van der Waals surface area (Å²) in [5, 5.41) is 3.84. The lowest BCUT2D eigenvalue weighted by Gasteiger charge is -2.35. The quantitative estimate of drug-likeness (QED) is 0.896. The van der Waals surface area contributed by atoms with Gasteiger partial charge in [0.05, 0.1) is 5.02 Å². The molecule has 3 rings (SSSR count). The third kappa shape index (κ3) is 3.29. The molecule has 1 N–H and O–H groups in total. The molecule has 2 aliphatic rings. The second kappa shape index (κ2) is 6.65. The maximum Gasteiger partial charge on any atom is 0.244 e. The summed E-state index contributed by atoms with van der Waals surface area (Å²) in [5.74, 6) is 0. The lowest BCUT2D eigenvalue weighted by atomic mass is 10.0. The van der Waals surface area contributed by atoms with E-state index in [1.54, 1.807) is 25.2 Å². The number of aryl methyl sites for hydroxylation is 1. The van der Waals surface area contributed by atoms with Crippen molar-refractivity contribution in [2.75, 3.05) is 7.05 Å². The average molecular weight is 365 g/mol. The van der Waals surface area contributed by atoms with Crippen LogP contribution < -0.4 is 5.32 Å². The van der Waals surface area contributed by atoms with Crippen LogP contribution in [0.3, 0.4) is 0 Å². The van der Waals surface area contributed by atoms with Crippen LogP contribution in [0.1, 0.15) is 31.2 Å². The van der Waals surface area contributed by atoms with Gasteiger partial charge in [0, 0.05) is 25.2 Å². The Morgan fingerprint density at radius 3 is 2.36 bits per heavy atom. The van der Waals surface area contributed by atoms with Crippen molar-refractivity contribution < 1.29 is 8.42 Å². The molecule has 4 nitrogen and oxygen atoms in total. The van der Waals surface area contributed by atoms with Gasteiger partial charge < -0.3 is 5.32 Å². The molecule has 2 atom stereocenters. The highest BCUT2D eigenvalue weighted by molar-refractivity contribution is 7.89. The number of benzene rings is 1. The van der Waals surface area contributed by atoms with Crippen LogP contribution in [0.25, 0.3) is 0 Å². The van der Waals surface area contributed by atoms with Crippen LogP contribution >= 0.6 is 24.0 Å². The third-order valence-corrected chi connectivity index (χ3v) is 7.10. The van der Waals surface area contributed by atoms with Crippen molar-refractivity contribution in [2.24, 2.45) is 0 Å². The predicted octanol–water partition coefficient (Wildman–Crippen LogP) is 2.97. The summed E-state index contributed by atoms with van der Waals surface area (Å²) in [4.78, 5) is 0.211. The molecule has 2 heterocycles. The van der Waals surface area contributed by atoms with Crippen molar-refractivity contribution in [2.45, 2.75) is 55.6 Å². The summed E-state index contributed by atoms with van der Waals surface area (Å²) >= 11 is 6.15. The third-order valence-electron chi connectivity index (χ3n) is 4.71. The summed E-state index contributed by atoms with van der Waals surface area (Å²) in [6, 6.07) is 6.08. The molecule has 2 fully saturated rings. The van der Waals surface area contributed by atoms with E-state index in [-0.39, 0.29) is 23.3 Å². The zero-order valence-electron chi connectivity index (χ0n) is 12.8. The first-order chi connectivity index (χ1) is 9.88. The van der Waals surface area contributed by atoms with Gasteiger partial charge in [0.2, 0.25) is 10.0 Å². The summed E-state index contributed by atoms with van der Waals surface area (Å²) in [7, 11) is -1.85. The fraction of sp³-hybridized carbons (Fsp3) is 0.600. The maximum absolute atomic E-state index is 12.8. The minimum absolute atomic E-state index is 0. The molecule has 0 saturated carbocycles. The molecule has 7 heteroatoms. The molecule has 0 aromatic heterocycles. The smallest absolute Gasteiger partial charge is 0.244 e. The molecule has 1 aromatic rings. The van der Waals surface area contributed by atoms with Gasteiger partial charge in [-0.05, 0) is 50.3 Å². The van der Waals surface area contributed by atoms with Crippen LogP contribution in [0.5, 0.6) is 0 Å². The van der Waals surface area contributed by atoms with E-state index in [0.717, 1.165) is 31.2 Å². The minimum Gasteiger partial charge on any atom is -0.311 e. The average Bonchev–Trinajstić information content (AvgIpc) is 2.76. The zero-order valence-corrected chi connectivity index (χ0v) is 15.1. The molecule has 0 spiro atoms. The van der Waals surface area contributed by atoms with Crippen LogP contribution in [0, 0.1) is 6.92 Å². The van der Waals surface area contributed by atoms with Crippen molar-refractivity contribution >= 4 is 34.0 Å². The molecule has 2 unspecified atom stereocenters. The number of nitrogens with zero attached hydrogens (tertiary/aromatic N) is 1. The number of rotatable bonds is 3. The minimum atomic E-state index is -3.53. The fourth-order valence-corrected chi connectivity index (χ4v) is 5.44. The van der Waals surface area contributed by atoms with Gasteiger partial charge in [-0.15, -0.1) is 12.4 Å². The Morgan fingerprint density at radius 1 is 1.23 bits per heavy atom. The first-order valence-electron chi connectivity index (χ1n) is 7.38. The second-order valence-corrected chi connectivity index (χ2v) is 8.59. The van der Waals surface area contributed by atoms with Crippen molar-refractivity contribution in [1.29, 1.82) is 0 Å². The Hall–Kier alpha value is -0.330. The van der Waals surface area contributed by atoms with E-state index >= 15 is 0 Å². The molecule has 2 bridgehead atoms. The molecule has 124 valence electrons. The van der Waals surface area contributed by atoms with Crippen LogP contribution in [0.2, 0.25) is 5.02 Å². The number of halogens is 2. The molecule has 0 amide bonds. The topological polar surface area (TPSA) is 49.4 Å². The Kier molecular flexibility index (Phi) is 5.45. The zero-order chi connectivity index (χ0) is 15.2. The van der Waals surface area contributed by atoms with E-state index in [1.165, 1.54) is 4.31 Å². The van der Waals surface area contributed by atoms with Crippen molar-refractivity contribution in [3.8, 4) is 0 Å². The van der Waals surface area contributed by atoms with E-state index in [0.29, 0.717) is 17.1 Å². The SMILES string of the molecule is Cc1ccc(S(=O)(=O)N(C)C2CC3CCC(C2)N3)c(Cl)c1.Cl. The number of sulfonamides is 1. The van der Waals surface area contributed by atoms with Crippen molar-refractivity contribution in [1.82, 2.24) is 9.62 Å². The lowest BCUT2D eigenvalue weighted by molar-refractivity contribution is 0.251. The fourth-order valence-electron chi connectivity index (χ4n) is 3.49. The van der Waals surface area contributed by atoms with E-state index in [1.807, 2.05) is 6.92 Å². The van der Waals surface area contributed by atoms with E-state index in [9.17, 15) is 8.42 Å². The first kappa shape index (κ1) is 18.0. The Balaban J connectivity index is 0.00000176. The van der Waals surface area contributed by atoms with Gasteiger partial charge in [-0.3, -0.25) is 0 Å². The second-order valence-electron chi connectivity index (χ2n) is 6.22. The molecule has 0 aliphatic carbocycles. The standard InChI is InChI=1S/C15H21ClN2O2S.ClH/c1-10-3-6-15(14(16)7-10)21(19,20)18(2)13-8-11-4-5-12(9-13)17-11;/h3,6-7,11-13,17H,4-5,8-9H2,1-2H3;1H. The summed E-state index contributed by atoms with van der Waals surface area (Å²) in [5.41, 5.74) is 0.960. The monoisotopic (exact) mass is 364 g/mol. The first-order valence-corrected chi connectivity index (χ1v) is 9.20. The number of hydrogen-bond acceptors (Lipinski definition) is 3. The lowest BCUT2D eigenvalue weighted by Crippen LogP contribution is -2.48. The number of nitrogens with one attached hydrogen (secondary N) is 1. The Bertz CT molecular complexity index is 639. The highest BCUT2D eigenvalue weighted by Crippen LogP contribution is 2.33. The van der Waals surface area contributed by atoms with Crippen molar-refractivity contribution in [3.63, 3.8) is 0 Å². The van der Waals surface area contributed by atoms with E-state index < -0.39 is 10.0 Å².